The van der Waals surface area contributed by atoms with Crippen LogP contribution in [0.1, 0.15) is 53.2 Å². The van der Waals surface area contributed by atoms with Gasteiger partial charge in [-0.15, -0.1) is 0 Å². The van der Waals surface area contributed by atoms with E-state index in [9.17, 15) is 23.7 Å². The zero-order chi connectivity index (χ0) is 36.0. The molecule has 1 aliphatic rings. The number of aromatic hydroxyl groups is 1. The van der Waals surface area contributed by atoms with Gasteiger partial charge in [-0.3, -0.25) is 0 Å². The van der Waals surface area contributed by atoms with Crippen LogP contribution in [0.2, 0.25) is 0 Å². The van der Waals surface area contributed by atoms with Crippen LogP contribution in [0.4, 0.5) is 0 Å². The van der Waals surface area contributed by atoms with E-state index in [1.54, 1.807) is 54.6 Å². The number of nitrogens with zero attached hydrogens (tertiary/aromatic N) is 1. The highest BCUT2D eigenvalue weighted by molar-refractivity contribution is 7.89. The standard InChI is InChI=1S/C41H44N2O7S/c1-28-39(26-43(2)25-38(46)35-10-7-11-36(45)23-35)49-41(50-40(28)32-16-14-29(27-44)15-17-32)33-20-18-31(19-21-33)34-9-6-8-30(22-34)24-42-51(47,48)37-12-4-3-5-13-37/h3-23,28,38-42,44-46H,24-27H2,1-2H3/t28-,38-,39+,40+,41+/m1/s1. The van der Waals surface area contributed by atoms with E-state index in [2.05, 4.69) is 11.6 Å². The first kappa shape index (κ1) is 36.4. The van der Waals surface area contributed by atoms with Crippen molar-refractivity contribution < 1.29 is 33.2 Å². The maximum atomic E-state index is 12.7. The molecule has 0 unspecified atom stereocenters. The van der Waals surface area contributed by atoms with Gasteiger partial charge >= 0.3 is 0 Å². The summed E-state index contributed by atoms with van der Waals surface area (Å²) in [6, 6.07) is 38.5. The average Bonchev–Trinajstić information content (AvgIpc) is 3.15. The number of phenols is 1. The van der Waals surface area contributed by atoms with Gasteiger partial charge in [0.1, 0.15) is 5.75 Å². The maximum Gasteiger partial charge on any atom is 0.240 e. The molecule has 0 amide bonds. The molecule has 5 aromatic carbocycles. The highest BCUT2D eigenvalue weighted by Gasteiger charge is 2.39. The van der Waals surface area contributed by atoms with Gasteiger partial charge in [-0.2, -0.15) is 0 Å². The Bertz CT molecular complexity index is 1990. The summed E-state index contributed by atoms with van der Waals surface area (Å²) in [5, 5.41) is 30.4. The molecule has 10 heteroatoms. The third-order valence-corrected chi connectivity index (χ3v) is 10.7. The summed E-state index contributed by atoms with van der Waals surface area (Å²) >= 11 is 0. The van der Waals surface area contributed by atoms with Gasteiger partial charge in [0, 0.05) is 31.1 Å². The number of hydrogen-bond acceptors (Lipinski definition) is 8. The number of sulfonamides is 1. The van der Waals surface area contributed by atoms with E-state index in [0.717, 1.165) is 33.4 Å². The number of benzene rings is 5. The second-order valence-corrected chi connectivity index (χ2v) is 14.9. The predicted molar refractivity (Wildman–Crippen MR) is 196 cm³/mol. The highest BCUT2D eigenvalue weighted by atomic mass is 32.2. The second-order valence-electron chi connectivity index (χ2n) is 13.1. The first-order valence-electron chi connectivity index (χ1n) is 17.0. The van der Waals surface area contributed by atoms with Gasteiger partial charge in [-0.25, -0.2) is 13.1 Å². The van der Waals surface area contributed by atoms with Crippen molar-refractivity contribution in [1.29, 1.82) is 0 Å². The summed E-state index contributed by atoms with van der Waals surface area (Å²) in [6.45, 7) is 3.09. The van der Waals surface area contributed by atoms with Crippen molar-refractivity contribution in [1.82, 2.24) is 9.62 Å². The third-order valence-electron chi connectivity index (χ3n) is 9.32. The minimum absolute atomic E-state index is 0.0390. The summed E-state index contributed by atoms with van der Waals surface area (Å²) < 4.78 is 41.4. The number of aliphatic hydroxyl groups is 2. The normalized spacial score (nSPS) is 19.9. The Balaban J connectivity index is 1.18. The van der Waals surface area contributed by atoms with Gasteiger partial charge in [0.05, 0.1) is 29.8 Å². The number of rotatable bonds is 13. The maximum absolute atomic E-state index is 12.7. The molecule has 266 valence electrons. The van der Waals surface area contributed by atoms with Crippen LogP contribution in [0.15, 0.2) is 132 Å². The summed E-state index contributed by atoms with van der Waals surface area (Å²) in [5.41, 5.74) is 6.04. The topological polar surface area (TPSA) is 129 Å². The molecular weight excluding hydrogens is 665 g/mol. The molecular formula is C41H44N2O7S. The Morgan fingerprint density at radius 3 is 2.20 bits per heavy atom. The zero-order valence-electron chi connectivity index (χ0n) is 28.7. The van der Waals surface area contributed by atoms with E-state index in [-0.39, 0.29) is 41.9 Å². The fourth-order valence-electron chi connectivity index (χ4n) is 6.40. The molecule has 1 saturated heterocycles. The third kappa shape index (κ3) is 9.10. The molecule has 5 aromatic rings. The van der Waals surface area contributed by atoms with Crippen LogP contribution in [0.5, 0.6) is 5.75 Å². The lowest BCUT2D eigenvalue weighted by molar-refractivity contribution is -0.276. The quantitative estimate of drug-likeness (QED) is 0.109. The second kappa shape index (κ2) is 16.3. The van der Waals surface area contributed by atoms with Gasteiger partial charge in [-0.05, 0) is 70.8 Å². The van der Waals surface area contributed by atoms with Crippen LogP contribution in [0.3, 0.4) is 0 Å². The summed E-state index contributed by atoms with van der Waals surface area (Å²) in [7, 11) is -1.69. The number of likely N-dealkylation sites (N-methyl/N-ethyl adjacent to an activating group) is 1. The van der Waals surface area contributed by atoms with Gasteiger partial charge in [0.15, 0.2) is 6.29 Å². The molecule has 0 bridgehead atoms. The van der Waals surface area contributed by atoms with E-state index >= 15 is 0 Å². The molecule has 51 heavy (non-hydrogen) atoms. The van der Waals surface area contributed by atoms with E-state index < -0.39 is 22.4 Å². The van der Waals surface area contributed by atoms with Crippen molar-refractivity contribution in [2.75, 3.05) is 20.1 Å². The van der Waals surface area contributed by atoms with E-state index in [1.807, 2.05) is 84.7 Å². The minimum atomic E-state index is -3.63. The van der Waals surface area contributed by atoms with Crippen LogP contribution < -0.4 is 4.72 Å². The van der Waals surface area contributed by atoms with Crippen LogP contribution in [0.25, 0.3) is 11.1 Å². The number of hydrogen-bond donors (Lipinski definition) is 4. The molecule has 1 fully saturated rings. The Morgan fingerprint density at radius 1 is 0.784 bits per heavy atom. The first-order valence-corrected chi connectivity index (χ1v) is 18.5. The fraction of sp³-hybridized carbons (Fsp3) is 0.268. The van der Waals surface area contributed by atoms with Gasteiger partial charge in [0.25, 0.3) is 0 Å². The number of phenolic OH excluding ortho intramolecular Hbond substituents is 1. The molecule has 5 atom stereocenters. The largest absolute Gasteiger partial charge is 0.508 e. The van der Waals surface area contributed by atoms with E-state index in [1.165, 1.54) is 0 Å². The fourth-order valence-corrected chi connectivity index (χ4v) is 7.44. The Labute approximate surface area is 299 Å². The van der Waals surface area contributed by atoms with Crippen LogP contribution in [-0.2, 0) is 32.6 Å². The SMILES string of the molecule is C[C@@H]1[C@H](CN(C)C[C@@H](O)c2cccc(O)c2)O[C@H](c2ccc(-c3cccc(CNS(=O)(=O)c4ccccc4)c3)cc2)O[C@@H]1c1ccc(CO)cc1. The van der Waals surface area contributed by atoms with Gasteiger partial charge in [-0.1, -0.05) is 104 Å². The average molecular weight is 709 g/mol. The molecule has 6 rings (SSSR count). The molecule has 0 spiro atoms. The number of ether oxygens (including phenoxy) is 2. The molecule has 1 heterocycles. The Kier molecular flexibility index (Phi) is 11.6. The van der Waals surface area contributed by atoms with Crippen LogP contribution in [0, 0.1) is 5.92 Å². The molecule has 0 saturated carbocycles. The lowest BCUT2D eigenvalue weighted by Crippen LogP contribution is -2.44. The molecule has 1 aliphatic heterocycles. The monoisotopic (exact) mass is 708 g/mol. The van der Waals surface area contributed by atoms with Crippen molar-refractivity contribution in [3.05, 3.63) is 155 Å². The summed E-state index contributed by atoms with van der Waals surface area (Å²) in [4.78, 5) is 2.25. The smallest absolute Gasteiger partial charge is 0.240 e. The Hall–Kier alpha value is -4.39. The van der Waals surface area contributed by atoms with Crippen molar-refractivity contribution in [3.63, 3.8) is 0 Å². The minimum Gasteiger partial charge on any atom is -0.508 e. The zero-order valence-corrected chi connectivity index (χ0v) is 29.5. The predicted octanol–water partition coefficient (Wildman–Crippen LogP) is 6.49. The van der Waals surface area contributed by atoms with Crippen molar-refractivity contribution in [2.45, 2.75) is 49.6 Å². The number of nitrogens with one attached hydrogen (secondary N) is 1. The number of aliphatic hydroxyl groups excluding tert-OH is 2. The van der Waals surface area contributed by atoms with Crippen LogP contribution >= 0.6 is 0 Å². The summed E-state index contributed by atoms with van der Waals surface area (Å²) in [5.74, 6) is 0.0708. The van der Waals surface area contributed by atoms with Crippen molar-refractivity contribution >= 4 is 10.0 Å². The van der Waals surface area contributed by atoms with E-state index in [4.69, 9.17) is 9.47 Å². The molecule has 4 N–H and O–H groups in total. The molecule has 0 aromatic heterocycles. The lowest BCUT2D eigenvalue weighted by atomic mass is 9.90. The van der Waals surface area contributed by atoms with Gasteiger partial charge < -0.3 is 29.7 Å². The first-order chi connectivity index (χ1) is 24.6. The molecule has 0 radical (unpaired) electrons. The summed E-state index contributed by atoms with van der Waals surface area (Å²) in [6.07, 6.45) is -1.98. The molecule has 9 nitrogen and oxygen atoms in total. The van der Waals surface area contributed by atoms with E-state index in [0.29, 0.717) is 18.7 Å². The highest BCUT2D eigenvalue weighted by Crippen LogP contribution is 2.42. The Morgan fingerprint density at radius 2 is 1.49 bits per heavy atom. The van der Waals surface area contributed by atoms with Crippen molar-refractivity contribution in [2.24, 2.45) is 5.92 Å². The molecule has 0 aliphatic carbocycles. The van der Waals surface area contributed by atoms with Crippen molar-refractivity contribution in [3.8, 4) is 16.9 Å². The van der Waals surface area contributed by atoms with Gasteiger partial charge in [0.2, 0.25) is 10.0 Å². The lowest BCUT2D eigenvalue weighted by Gasteiger charge is -2.42. The van der Waals surface area contributed by atoms with Crippen LogP contribution in [-0.4, -0.2) is 54.9 Å².